The van der Waals surface area contributed by atoms with E-state index in [0.29, 0.717) is 11.5 Å². The molecule has 0 aliphatic heterocycles. The summed E-state index contributed by atoms with van der Waals surface area (Å²) in [5.74, 6) is 1.36. The van der Waals surface area contributed by atoms with Gasteiger partial charge in [0.2, 0.25) is 0 Å². The van der Waals surface area contributed by atoms with Crippen LogP contribution in [0.5, 0.6) is 0 Å². The molecule has 2 heteroatoms. The summed E-state index contributed by atoms with van der Waals surface area (Å²) in [4.78, 5) is 0. The number of rotatable bonds is 4. The van der Waals surface area contributed by atoms with Crippen LogP contribution in [0, 0.1) is 0 Å². The average molecular weight is 158 g/mol. The van der Waals surface area contributed by atoms with Gasteiger partial charge in [-0.1, -0.05) is 24.3 Å². The maximum absolute atomic E-state index is 11.0. The van der Waals surface area contributed by atoms with E-state index in [9.17, 15) is 4.21 Å². The summed E-state index contributed by atoms with van der Waals surface area (Å²) in [5, 5.41) is 0. The largest absolute Gasteiger partial charge is 0.259 e. The van der Waals surface area contributed by atoms with E-state index in [1.165, 1.54) is 0 Å². The van der Waals surface area contributed by atoms with E-state index in [0.717, 1.165) is 0 Å². The highest BCUT2D eigenvalue weighted by Crippen LogP contribution is 1.85. The molecule has 0 amide bonds. The number of hydrogen-bond acceptors (Lipinski definition) is 1. The Balaban J connectivity index is 3.44. The Bertz CT molecular complexity index is 131. The highest BCUT2D eigenvalue weighted by Gasteiger charge is 1.89. The van der Waals surface area contributed by atoms with Gasteiger partial charge < -0.3 is 0 Å². The van der Waals surface area contributed by atoms with Crippen LogP contribution in [0.3, 0.4) is 0 Å². The lowest BCUT2D eigenvalue weighted by Gasteiger charge is -1.89. The third-order valence-electron chi connectivity index (χ3n) is 1.04. The summed E-state index contributed by atoms with van der Waals surface area (Å²) in [6.45, 7) is 3.87. The number of allylic oxidation sites excluding steroid dienone is 2. The van der Waals surface area contributed by atoms with Crippen LogP contribution >= 0.6 is 0 Å². The van der Waals surface area contributed by atoms with Gasteiger partial charge in [-0.15, -0.1) is 0 Å². The molecule has 0 aromatic heterocycles. The summed E-state index contributed by atoms with van der Waals surface area (Å²) in [7, 11) is -0.693. The minimum Gasteiger partial charge on any atom is -0.259 e. The first-order chi connectivity index (χ1) is 4.81. The van der Waals surface area contributed by atoms with Crippen LogP contribution in [0.1, 0.15) is 13.8 Å². The molecule has 0 aliphatic rings. The molecular weight excluding hydrogens is 144 g/mol. The van der Waals surface area contributed by atoms with Crippen molar-refractivity contribution >= 4 is 10.8 Å². The molecule has 0 aliphatic carbocycles. The monoisotopic (exact) mass is 158 g/mol. The molecule has 0 heterocycles. The van der Waals surface area contributed by atoms with Crippen LogP contribution in [0.15, 0.2) is 24.3 Å². The van der Waals surface area contributed by atoms with Crippen molar-refractivity contribution in [2.24, 2.45) is 0 Å². The zero-order valence-corrected chi connectivity index (χ0v) is 7.36. The smallest absolute Gasteiger partial charge is 0.0418 e. The van der Waals surface area contributed by atoms with Gasteiger partial charge in [-0.25, -0.2) is 0 Å². The standard InChI is InChI=1S/C8H14OS/c1-3-5-7-10(9)8-6-4-2/h3-6H,7-8H2,1-2H3/b5-3-,6-4-. The molecule has 0 atom stereocenters. The minimum absolute atomic E-state index is 0.681. The fourth-order valence-electron chi connectivity index (χ4n) is 0.475. The van der Waals surface area contributed by atoms with Gasteiger partial charge in [-0.05, 0) is 13.8 Å². The van der Waals surface area contributed by atoms with Crippen molar-refractivity contribution in [3.05, 3.63) is 24.3 Å². The lowest BCUT2D eigenvalue weighted by molar-refractivity contribution is 0.687. The first-order valence-electron chi connectivity index (χ1n) is 3.38. The van der Waals surface area contributed by atoms with E-state index >= 15 is 0 Å². The molecule has 0 aromatic carbocycles. The zero-order valence-electron chi connectivity index (χ0n) is 6.54. The van der Waals surface area contributed by atoms with Gasteiger partial charge in [-0.3, -0.25) is 4.21 Å². The van der Waals surface area contributed by atoms with Crippen LogP contribution in [0.2, 0.25) is 0 Å². The summed E-state index contributed by atoms with van der Waals surface area (Å²) in [6, 6.07) is 0. The van der Waals surface area contributed by atoms with Gasteiger partial charge in [-0.2, -0.15) is 0 Å². The zero-order chi connectivity index (χ0) is 7.82. The Morgan fingerprint density at radius 1 is 1.10 bits per heavy atom. The molecule has 0 radical (unpaired) electrons. The Morgan fingerprint density at radius 2 is 1.50 bits per heavy atom. The third kappa shape index (κ3) is 5.76. The Labute approximate surface area is 65.3 Å². The summed E-state index contributed by atoms with van der Waals surface area (Å²) in [6.07, 6.45) is 7.71. The van der Waals surface area contributed by atoms with Crippen LogP contribution in [0.25, 0.3) is 0 Å². The lowest BCUT2D eigenvalue weighted by Crippen LogP contribution is -1.96. The molecule has 58 valence electrons. The van der Waals surface area contributed by atoms with Crippen LogP contribution < -0.4 is 0 Å². The molecule has 0 fully saturated rings. The molecule has 0 saturated carbocycles. The van der Waals surface area contributed by atoms with Gasteiger partial charge >= 0.3 is 0 Å². The average Bonchev–Trinajstić information content (AvgIpc) is 1.97. The highest BCUT2D eigenvalue weighted by atomic mass is 32.2. The minimum atomic E-state index is -0.693. The van der Waals surface area contributed by atoms with Gasteiger partial charge in [0.15, 0.2) is 0 Å². The summed E-state index contributed by atoms with van der Waals surface area (Å²) >= 11 is 0. The summed E-state index contributed by atoms with van der Waals surface area (Å²) < 4.78 is 11.0. The first kappa shape index (κ1) is 9.63. The number of hydrogen-bond donors (Lipinski definition) is 0. The van der Waals surface area contributed by atoms with E-state index in [1.54, 1.807) is 0 Å². The van der Waals surface area contributed by atoms with E-state index in [4.69, 9.17) is 0 Å². The third-order valence-corrected chi connectivity index (χ3v) is 2.16. The quantitative estimate of drug-likeness (QED) is 0.571. The molecule has 0 bridgehead atoms. The second kappa shape index (κ2) is 6.75. The van der Waals surface area contributed by atoms with Gasteiger partial charge in [0.25, 0.3) is 0 Å². The van der Waals surface area contributed by atoms with Gasteiger partial charge in [0, 0.05) is 22.3 Å². The first-order valence-corrected chi connectivity index (χ1v) is 4.87. The SMILES string of the molecule is C/C=C\CS(=O)C/C=C\C. The molecule has 1 nitrogen and oxygen atoms in total. The van der Waals surface area contributed by atoms with E-state index < -0.39 is 10.8 Å². The molecule has 0 unspecified atom stereocenters. The van der Waals surface area contributed by atoms with E-state index in [1.807, 2.05) is 38.2 Å². The second-order valence-electron chi connectivity index (χ2n) is 1.91. The molecule has 0 saturated heterocycles. The van der Waals surface area contributed by atoms with Crippen molar-refractivity contribution < 1.29 is 4.21 Å². The van der Waals surface area contributed by atoms with Crippen molar-refractivity contribution in [2.45, 2.75) is 13.8 Å². The van der Waals surface area contributed by atoms with Crippen molar-refractivity contribution in [3.8, 4) is 0 Å². The predicted octanol–water partition coefficient (Wildman–Crippen LogP) is 1.89. The lowest BCUT2D eigenvalue weighted by atomic mass is 10.6. The predicted molar refractivity (Wildman–Crippen MR) is 47.5 cm³/mol. The molecule has 0 N–H and O–H groups in total. The van der Waals surface area contributed by atoms with Crippen molar-refractivity contribution in [2.75, 3.05) is 11.5 Å². The summed E-state index contributed by atoms with van der Waals surface area (Å²) in [5.41, 5.74) is 0. The molecule has 0 spiro atoms. The van der Waals surface area contributed by atoms with Crippen molar-refractivity contribution in [1.29, 1.82) is 0 Å². The molecule has 0 rings (SSSR count). The topological polar surface area (TPSA) is 17.1 Å². The fraction of sp³-hybridized carbons (Fsp3) is 0.500. The molecule has 10 heavy (non-hydrogen) atoms. The maximum atomic E-state index is 11.0. The normalized spacial score (nSPS) is 12.3. The molecular formula is C8H14OS. The fourth-order valence-corrected chi connectivity index (χ4v) is 1.43. The Hall–Kier alpha value is -0.370. The van der Waals surface area contributed by atoms with Crippen LogP contribution in [-0.2, 0) is 10.8 Å². The Kier molecular flexibility index (Phi) is 6.50. The maximum Gasteiger partial charge on any atom is 0.0418 e. The van der Waals surface area contributed by atoms with Crippen molar-refractivity contribution in [1.82, 2.24) is 0 Å². The van der Waals surface area contributed by atoms with Gasteiger partial charge in [0.1, 0.15) is 0 Å². The van der Waals surface area contributed by atoms with Crippen LogP contribution in [0.4, 0.5) is 0 Å². The van der Waals surface area contributed by atoms with E-state index in [2.05, 4.69) is 0 Å². The Morgan fingerprint density at radius 3 is 1.80 bits per heavy atom. The second-order valence-corrected chi connectivity index (χ2v) is 3.46. The van der Waals surface area contributed by atoms with E-state index in [-0.39, 0.29) is 0 Å². The molecule has 0 aromatic rings. The highest BCUT2D eigenvalue weighted by molar-refractivity contribution is 7.85. The van der Waals surface area contributed by atoms with Gasteiger partial charge in [0.05, 0.1) is 0 Å². The van der Waals surface area contributed by atoms with Crippen LogP contribution in [-0.4, -0.2) is 15.7 Å². The van der Waals surface area contributed by atoms with Crippen molar-refractivity contribution in [3.63, 3.8) is 0 Å².